The maximum Gasteiger partial charge on any atom is 0.338 e. The smallest absolute Gasteiger partial charge is 0.338 e. The van der Waals surface area contributed by atoms with E-state index in [0.29, 0.717) is 5.56 Å². The van der Waals surface area contributed by atoms with E-state index < -0.39 is 0 Å². The molecule has 1 N–H and O–H groups in total. The normalized spacial score (nSPS) is 12.2. The lowest BCUT2D eigenvalue weighted by Gasteiger charge is -2.14. The number of hydrogen-bond donors (Lipinski definition) is 1. The topological polar surface area (TPSA) is 51.5 Å². The van der Waals surface area contributed by atoms with Crippen molar-refractivity contribution in [1.29, 1.82) is 0 Å². The first-order chi connectivity index (χ1) is 10.0. The van der Waals surface area contributed by atoms with Gasteiger partial charge in [-0.05, 0) is 57.2 Å². The zero-order valence-electron chi connectivity index (χ0n) is 12.6. The quantitative estimate of drug-likeness (QED) is 0.819. The van der Waals surface area contributed by atoms with Gasteiger partial charge in [-0.1, -0.05) is 0 Å². The lowest BCUT2D eigenvalue weighted by Crippen LogP contribution is -2.18. The summed E-state index contributed by atoms with van der Waals surface area (Å²) in [7, 11) is 0. The van der Waals surface area contributed by atoms with Gasteiger partial charge in [0.1, 0.15) is 5.76 Å². The molecule has 4 nitrogen and oxygen atoms in total. The fraction of sp³-hybridized carbons (Fsp3) is 0.353. The molecule has 2 rings (SSSR count). The number of ether oxygens (including phenoxy) is 1. The van der Waals surface area contributed by atoms with Crippen LogP contribution in [0.2, 0.25) is 0 Å². The number of furan rings is 1. The van der Waals surface area contributed by atoms with Gasteiger partial charge in [-0.25, -0.2) is 4.79 Å². The second-order valence-corrected chi connectivity index (χ2v) is 5.36. The third-order valence-corrected chi connectivity index (χ3v) is 2.96. The first kappa shape index (κ1) is 15.2. The zero-order chi connectivity index (χ0) is 15.2. The van der Waals surface area contributed by atoms with Gasteiger partial charge in [-0.3, -0.25) is 0 Å². The summed E-state index contributed by atoms with van der Waals surface area (Å²) in [5, 5.41) is 3.37. The van der Waals surface area contributed by atoms with E-state index in [1.807, 2.05) is 38.1 Å². The Morgan fingerprint density at radius 3 is 2.48 bits per heavy atom. The van der Waals surface area contributed by atoms with Crippen molar-refractivity contribution in [2.75, 3.05) is 5.32 Å². The van der Waals surface area contributed by atoms with E-state index in [9.17, 15) is 4.79 Å². The molecule has 112 valence electrons. The molecule has 4 heteroatoms. The number of hydrogen-bond acceptors (Lipinski definition) is 4. The van der Waals surface area contributed by atoms with Crippen LogP contribution in [0.4, 0.5) is 5.69 Å². The molecule has 0 aliphatic heterocycles. The molecule has 0 fully saturated rings. The Kier molecular flexibility index (Phi) is 5.04. The van der Waals surface area contributed by atoms with Gasteiger partial charge >= 0.3 is 5.97 Å². The summed E-state index contributed by atoms with van der Waals surface area (Å²) in [6.45, 7) is 5.76. The van der Waals surface area contributed by atoms with Crippen LogP contribution < -0.4 is 5.32 Å². The number of rotatable bonds is 6. The number of esters is 1. The van der Waals surface area contributed by atoms with Crippen molar-refractivity contribution in [1.82, 2.24) is 0 Å². The number of anilines is 1. The van der Waals surface area contributed by atoms with Crippen LogP contribution in [0.25, 0.3) is 0 Å². The van der Waals surface area contributed by atoms with Crippen molar-refractivity contribution in [3.8, 4) is 0 Å². The minimum Gasteiger partial charge on any atom is -0.469 e. The van der Waals surface area contributed by atoms with Crippen molar-refractivity contribution < 1.29 is 13.9 Å². The molecule has 0 radical (unpaired) electrons. The van der Waals surface area contributed by atoms with Crippen molar-refractivity contribution >= 4 is 11.7 Å². The van der Waals surface area contributed by atoms with Gasteiger partial charge in [-0.15, -0.1) is 0 Å². The third kappa shape index (κ3) is 4.67. The van der Waals surface area contributed by atoms with E-state index in [-0.39, 0.29) is 18.1 Å². The van der Waals surface area contributed by atoms with Crippen LogP contribution >= 0.6 is 0 Å². The Morgan fingerprint density at radius 2 is 1.90 bits per heavy atom. The van der Waals surface area contributed by atoms with E-state index in [0.717, 1.165) is 17.9 Å². The molecule has 1 heterocycles. The maximum absolute atomic E-state index is 11.7. The Morgan fingerprint density at radius 1 is 1.19 bits per heavy atom. The SMILES string of the molecule is CC(Cc1ccco1)Nc1ccc(C(=O)OC(C)C)cc1. The standard InChI is InChI=1S/C17H21NO3/c1-12(2)21-17(19)14-6-8-15(9-7-14)18-13(3)11-16-5-4-10-20-16/h4-10,12-13,18H,11H2,1-3H3. The Bertz CT molecular complexity index is 558. The van der Waals surface area contributed by atoms with Gasteiger partial charge in [0.15, 0.2) is 0 Å². The molecule has 21 heavy (non-hydrogen) atoms. The van der Waals surface area contributed by atoms with Crippen LogP contribution in [0.1, 0.15) is 36.9 Å². The monoisotopic (exact) mass is 287 g/mol. The molecule has 2 aromatic rings. The third-order valence-electron chi connectivity index (χ3n) is 2.96. The van der Waals surface area contributed by atoms with Gasteiger partial charge in [0, 0.05) is 18.2 Å². The minimum absolute atomic E-state index is 0.108. The van der Waals surface area contributed by atoms with E-state index in [4.69, 9.17) is 9.15 Å². The highest BCUT2D eigenvalue weighted by Gasteiger charge is 2.10. The Labute approximate surface area is 125 Å². The highest BCUT2D eigenvalue weighted by Crippen LogP contribution is 2.14. The molecule has 1 aromatic heterocycles. The van der Waals surface area contributed by atoms with Crippen LogP contribution in [0.5, 0.6) is 0 Å². The van der Waals surface area contributed by atoms with Gasteiger partial charge in [0.05, 0.1) is 17.9 Å². The molecule has 1 atom stereocenters. The van der Waals surface area contributed by atoms with Crippen LogP contribution in [-0.2, 0) is 11.2 Å². The number of benzene rings is 1. The number of carbonyl (C=O) groups is 1. The van der Waals surface area contributed by atoms with Crippen LogP contribution in [-0.4, -0.2) is 18.1 Å². The van der Waals surface area contributed by atoms with Gasteiger partial charge < -0.3 is 14.5 Å². The first-order valence-electron chi connectivity index (χ1n) is 7.14. The molecule has 0 aliphatic carbocycles. The average Bonchev–Trinajstić information content (AvgIpc) is 2.91. The fourth-order valence-corrected chi connectivity index (χ4v) is 2.05. The Hall–Kier alpha value is -2.23. The molecular formula is C17H21NO3. The van der Waals surface area contributed by atoms with Crippen molar-refractivity contribution in [2.45, 2.75) is 39.3 Å². The van der Waals surface area contributed by atoms with E-state index in [2.05, 4.69) is 12.2 Å². The molecule has 0 aliphatic rings. The van der Waals surface area contributed by atoms with Gasteiger partial charge in [0.25, 0.3) is 0 Å². The molecule has 0 saturated heterocycles. The molecule has 0 saturated carbocycles. The lowest BCUT2D eigenvalue weighted by molar-refractivity contribution is 0.0378. The van der Waals surface area contributed by atoms with Crippen molar-refractivity contribution in [3.63, 3.8) is 0 Å². The predicted octanol–water partition coefficient (Wildman–Crippen LogP) is 3.89. The van der Waals surface area contributed by atoms with Crippen molar-refractivity contribution in [3.05, 3.63) is 54.0 Å². The van der Waals surface area contributed by atoms with E-state index >= 15 is 0 Å². The van der Waals surface area contributed by atoms with Crippen molar-refractivity contribution in [2.24, 2.45) is 0 Å². The zero-order valence-corrected chi connectivity index (χ0v) is 12.6. The molecule has 0 amide bonds. The summed E-state index contributed by atoms with van der Waals surface area (Å²) in [4.78, 5) is 11.7. The molecule has 1 aromatic carbocycles. The second kappa shape index (κ2) is 6.97. The van der Waals surface area contributed by atoms with Crippen LogP contribution in [0.3, 0.4) is 0 Å². The molecule has 1 unspecified atom stereocenters. The van der Waals surface area contributed by atoms with Crippen LogP contribution in [0, 0.1) is 0 Å². The maximum atomic E-state index is 11.7. The summed E-state index contributed by atoms with van der Waals surface area (Å²) in [5.41, 5.74) is 1.53. The second-order valence-electron chi connectivity index (χ2n) is 5.36. The summed E-state index contributed by atoms with van der Waals surface area (Å²) < 4.78 is 10.5. The lowest BCUT2D eigenvalue weighted by atomic mass is 10.1. The minimum atomic E-state index is -0.291. The highest BCUT2D eigenvalue weighted by atomic mass is 16.5. The first-order valence-corrected chi connectivity index (χ1v) is 7.14. The molecule has 0 spiro atoms. The number of nitrogens with one attached hydrogen (secondary N) is 1. The summed E-state index contributed by atoms with van der Waals surface area (Å²) in [6, 6.07) is 11.4. The van der Waals surface area contributed by atoms with Gasteiger partial charge in [-0.2, -0.15) is 0 Å². The highest BCUT2D eigenvalue weighted by molar-refractivity contribution is 5.89. The van der Waals surface area contributed by atoms with Crippen LogP contribution in [0.15, 0.2) is 47.1 Å². The fourth-order valence-electron chi connectivity index (χ4n) is 2.05. The predicted molar refractivity (Wildman–Crippen MR) is 82.5 cm³/mol. The summed E-state index contributed by atoms with van der Waals surface area (Å²) in [6.07, 6.45) is 2.38. The Balaban J connectivity index is 1.91. The summed E-state index contributed by atoms with van der Waals surface area (Å²) >= 11 is 0. The molecule has 0 bridgehead atoms. The average molecular weight is 287 g/mol. The molecular weight excluding hydrogens is 266 g/mol. The largest absolute Gasteiger partial charge is 0.469 e. The van der Waals surface area contributed by atoms with E-state index in [1.54, 1.807) is 18.4 Å². The summed E-state index contributed by atoms with van der Waals surface area (Å²) in [5.74, 6) is 0.660. The number of carbonyl (C=O) groups excluding carboxylic acids is 1. The van der Waals surface area contributed by atoms with E-state index in [1.165, 1.54) is 0 Å². The van der Waals surface area contributed by atoms with Gasteiger partial charge in [0.2, 0.25) is 0 Å².